The van der Waals surface area contributed by atoms with Crippen molar-refractivity contribution in [2.75, 3.05) is 33.9 Å². The molecule has 19 heavy (non-hydrogen) atoms. The van der Waals surface area contributed by atoms with Crippen molar-refractivity contribution in [1.29, 1.82) is 0 Å². The molecule has 3 unspecified atom stereocenters. The van der Waals surface area contributed by atoms with Crippen LogP contribution in [0.2, 0.25) is 0 Å². The van der Waals surface area contributed by atoms with Crippen LogP contribution in [0, 0.1) is 0 Å². The molecule has 5 nitrogen and oxygen atoms in total. The number of likely N-dealkylation sites (tertiary alicyclic amines) is 1. The summed E-state index contributed by atoms with van der Waals surface area (Å²) in [7, 11) is 3.42. The smallest absolute Gasteiger partial charge is 0.237 e. The van der Waals surface area contributed by atoms with E-state index in [0.717, 1.165) is 12.8 Å². The van der Waals surface area contributed by atoms with E-state index in [0.29, 0.717) is 31.8 Å². The fraction of sp³-hybridized carbons (Fsp3) is 0.929. The highest BCUT2D eigenvalue weighted by Gasteiger charge is 2.29. The fourth-order valence-corrected chi connectivity index (χ4v) is 2.89. The van der Waals surface area contributed by atoms with E-state index in [-0.39, 0.29) is 5.91 Å². The van der Waals surface area contributed by atoms with Gasteiger partial charge in [0, 0.05) is 25.7 Å². The quantitative estimate of drug-likeness (QED) is 0.774. The lowest BCUT2D eigenvalue weighted by Crippen LogP contribution is -2.51. The van der Waals surface area contributed by atoms with Gasteiger partial charge in [-0.3, -0.25) is 9.69 Å². The molecule has 1 aliphatic rings. The third-order valence-corrected chi connectivity index (χ3v) is 3.77. The summed E-state index contributed by atoms with van der Waals surface area (Å²) < 4.78 is 4.89. The van der Waals surface area contributed by atoms with Crippen LogP contribution in [0.25, 0.3) is 0 Å². The van der Waals surface area contributed by atoms with Gasteiger partial charge in [-0.15, -0.1) is 0 Å². The van der Waals surface area contributed by atoms with Crippen molar-refractivity contribution >= 4 is 5.91 Å². The summed E-state index contributed by atoms with van der Waals surface area (Å²) in [4.78, 5) is 16.2. The highest BCUT2D eigenvalue weighted by Crippen LogP contribution is 2.22. The summed E-state index contributed by atoms with van der Waals surface area (Å²) in [6.07, 6.45) is 2.84. The monoisotopic (exact) mass is 272 g/mol. The molecular formula is C14H28N2O3. The van der Waals surface area contributed by atoms with Crippen LogP contribution in [0.3, 0.4) is 0 Å². The number of carbonyl (C=O) groups is 1. The van der Waals surface area contributed by atoms with Crippen LogP contribution >= 0.6 is 0 Å². The number of hydrogen-bond donors (Lipinski definition) is 1. The molecule has 0 saturated carbocycles. The van der Waals surface area contributed by atoms with Gasteiger partial charge in [0.1, 0.15) is 0 Å². The number of likely N-dealkylation sites (N-methyl/N-ethyl adjacent to an activating group) is 1. The molecule has 0 aromatic rings. The Balaban J connectivity index is 2.44. The van der Waals surface area contributed by atoms with Gasteiger partial charge in [0.25, 0.3) is 0 Å². The summed E-state index contributed by atoms with van der Waals surface area (Å²) in [5.74, 6) is 0.159. The van der Waals surface area contributed by atoms with Crippen LogP contribution < -0.4 is 0 Å². The average Bonchev–Trinajstić information content (AvgIpc) is 2.28. The Hall–Kier alpha value is -0.650. The van der Waals surface area contributed by atoms with Gasteiger partial charge in [-0.1, -0.05) is 0 Å². The summed E-state index contributed by atoms with van der Waals surface area (Å²) >= 11 is 0. The Bertz CT molecular complexity index is 276. The highest BCUT2D eigenvalue weighted by atomic mass is 16.5. The van der Waals surface area contributed by atoms with E-state index in [2.05, 4.69) is 13.8 Å². The van der Waals surface area contributed by atoms with Crippen LogP contribution in [-0.2, 0) is 9.53 Å². The minimum Gasteiger partial charge on any atom is -0.389 e. The van der Waals surface area contributed by atoms with Crippen molar-refractivity contribution in [3.63, 3.8) is 0 Å². The molecule has 1 rings (SSSR count). The summed E-state index contributed by atoms with van der Waals surface area (Å²) in [5, 5.41) is 9.66. The van der Waals surface area contributed by atoms with Crippen molar-refractivity contribution < 1.29 is 14.6 Å². The lowest BCUT2D eigenvalue weighted by atomic mass is 9.97. The Kier molecular flexibility index (Phi) is 6.75. The van der Waals surface area contributed by atoms with Gasteiger partial charge in [-0.25, -0.2) is 0 Å². The van der Waals surface area contributed by atoms with E-state index in [1.165, 1.54) is 6.42 Å². The first-order valence-corrected chi connectivity index (χ1v) is 7.12. The van der Waals surface area contributed by atoms with Gasteiger partial charge >= 0.3 is 0 Å². The summed E-state index contributed by atoms with van der Waals surface area (Å²) in [6.45, 7) is 5.35. The zero-order chi connectivity index (χ0) is 14.4. The number of nitrogens with zero attached hydrogens (tertiary/aromatic N) is 2. The molecule has 0 bridgehead atoms. The first kappa shape index (κ1) is 16.4. The van der Waals surface area contributed by atoms with E-state index in [4.69, 9.17) is 4.74 Å². The summed E-state index contributed by atoms with van der Waals surface area (Å²) in [5.41, 5.74) is 0. The molecule has 5 heteroatoms. The largest absolute Gasteiger partial charge is 0.389 e. The SMILES string of the molecule is COCC(O)CN(C)CC(=O)N1C(C)CCCC1C. The van der Waals surface area contributed by atoms with Crippen molar-refractivity contribution in [2.24, 2.45) is 0 Å². The maximum Gasteiger partial charge on any atom is 0.237 e. The molecule has 1 aliphatic heterocycles. The molecule has 112 valence electrons. The Morgan fingerprint density at radius 2 is 2.00 bits per heavy atom. The molecule has 1 heterocycles. The van der Waals surface area contributed by atoms with Crippen LogP contribution in [0.1, 0.15) is 33.1 Å². The van der Waals surface area contributed by atoms with Gasteiger partial charge in [-0.2, -0.15) is 0 Å². The molecule has 0 aromatic carbocycles. The van der Waals surface area contributed by atoms with Crippen LogP contribution in [0.4, 0.5) is 0 Å². The maximum absolute atomic E-state index is 12.3. The zero-order valence-corrected chi connectivity index (χ0v) is 12.6. The fourth-order valence-electron chi connectivity index (χ4n) is 2.89. The standard InChI is InChI=1S/C14H28N2O3/c1-11-6-5-7-12(2)16(11)14(18)9-15(3)8-13(17)10-19-4/h11-13,17H,5-10H2,1-4H3. The first-order valence-electron chi connectivity index (χ1n) is 7.12. The molecule has 0 aromatic heterocycles. The van der Waals surface area contributed by atoms with Gasteiger partial charge in [0.2, 0.25) is 5.91 Å². The molecule has 1 saturated heterocycles. The number of aliphatic hydroxyl groups is 1. The number of amides is 1. The minimum absolute atomic E-state index is 0.159. The molecule has 0 radical (unpaired) electrons. The second-order valence-electron chi connectivity index (χ2n) is 5.74. The van der Waals surface area contributed by atoms with Gasteiger partial charge in [-0.05, 0) is 40.2 Å². The molecule has 1 amide bonds. The molecular weight excluding hydrogens is 244 g/mol. The predicted octanol–water partition coefficient (Wildman–Crippen LogP) is 0.715. The normalized spacial score (nSPS) is 25.7. The number of hydrogen-bond acceptors (Lipinski definition) is 4. The van der Waals surface area contributed by atoms with Crippen molar-refractivity contribution in [3.05, 3.63) is 0 Å². The predicted molar refractivity (Wildman–Crippen MR) is 75.0 cm³/mol. The summed E-state index contributed by atoms with van der Waals surface area (Å²) in [6, 6.07) is 0.655. The van der Waals surface area contributed by atoms with E-state index in [1.807, 2.05) is 16.8 Å². The van der Waals surface area contributed by atoms with Gasteiger partial charge in [0.15, 0.2) is 0 Å². The second-order valence-corrected chi connectivity index (χ2v) is 5.74. The molecule has 3 atom stereocenters. The van der Waals surface area contributed by atoms with Gasteiger partial charge in [0.05, 0.1) is 19.3 Å². The highest BCUT2D eigenvalue weighted by molar-refractivity contribution is 5.79. The third kappa shape index (κ3) is 5.09. The number of methoxy groups -OCH3 is 1. The van der Waals surface area contributed by atoms with E-state index < -0.39 is 6.10 Å². The van der Waals surface area contributed by atoms with Crippen molar-refractivity contribution in [3.8, 4) is 0 Å². The Morgan fingerprint density at radius 3 is 2.53 bits per heavy atom. The average molecular weight is 272 g/mol. The third-order valence-electron chi connectivity index (χ3n) is 3.77. The topological polar surface area (TPSA) is 53.0 Å². The second kappa shape index (κ2) is 7.82. The Labute approximate surface area is 116 Å². The minimum atomic E-state index is -0.543. The van der Waals surface area contributed by atoms with Crippen LogP contribution in [0.5, 0.6) is 0 Å². The molecule has 0 aliphatic carbocycles. The van der Waals surface area contributed by atoms with E-state index in [9.17, 15) is 9.90 Å². The van der Waals surface area contributed by atoms with Crippen molar-refractivity contribution in [2.45, 2.75) is 51.3 Å². The number of aliphatic hydroxyl groups excluding tert-OH is 1. The van der Waals surface area contributed by atoms with Crippen LogP contribution in [-0.4, -0.2) is 72.9 Å². The first-order chi connectivity index (χ1) is 8.95. The van der Waals surface area contributed by atoms with Crippen LogP contribution in [0.15, 0.2) is 0 Å². The van der Waals surface area contributed by atoms with Gasteiger partial charge < -0.3 is 14.7 Å². The molecule has 1 fully saturated rings. The van der Waals surface area contributed by atoms with E-state index >= 15 is 0 Å². The molecule has 0 spiro atoms. The maximum atomic E-state index is 12.3. The molecule has 1 N–H and O–H groups in total. The lowest BCUT2D eigenvalue weighted by Gasteiger charge is -2.40. The zero-order valence-electron chi connectivity index (χ0n) is 12.6. The number of ether oxygens (including phenoxy) is 1. The van der Waals surface area contributed by atoms with Crippen molar-refractivity contribution in [1.82, 2.24) is 9.80 Å². The number of carbonyl (C=O) groups excluding carboxylic acids is 1. The number of rotatable bonds is 6. The van der Waals surface area contributed by atoms with E-state index in [1.54, 1.807) is 7.11 Å². The lowest BCUT2D eigenvalue weighted by molar-refractivity contribution is -0.138. The number of piperidine rings is 1. The Morgan fingerprint density at radius 1 is 1.42 bits per heavy atom.